The topological polar surface area (TPSA) is 92.9 Å². The van der Waals surface area contributed by atoms with Crippen LogP contribution in [-0.2, 0) is 6.54 Å². The Morgan fingerprint density at radius 2 is 2.00 bits per heavy atom. The molecular weight excluding hydrogens is 390 g/mol. The number of aliphatic hydroxyl groups excluding tert-OH is 1. The minimum absolute atomic E-state index is 0.257. The van der Waals surface area contributed by atoms with E-state index in [2.05, 4.69) is 20.4 Å². The molecule has 0 bridgehead atoms. The average Bonchev–Trinajstić information content (AvgIpc) is 3.21. The summed E-state index contributed by atoms with van der Waals surface area (Å²) in [6.45, 7) is 2.10. The van der Waals surface area contributed by atoms with Crippen LogP contribution in [0.5, 0.6) is 0 Å². The second kappa shape index (κ2) is 7.98. The van der Waals surface area contributed by atoms with E-state index in [1.165, 1.54) is 6.33 Å². The molecule has 2 heterocycles. The van der Waals surface area contributed by atoms with Gasteiger partial charge in [-0.3, -0.25) is 14.5 Å². The summed E-state index contributed by atoms with van der Waals surface area (Å²) in [6.07, 6.45) is 2.24. The van der Waals surface area contributed by atoms with Gasteiger partial charge in [0.15, 0.2) is 0 Å². The van der Waals surface area contributed by atoms with Gasteiger partial charge in [-0.25, -0.2) is 4.98 Å². The standard InChI is InChI=1S/C21H18ClN5O2/c1-13-18(9-15-8-16(22)4-7-19(15)25-13)21(29)26-17-5-2-14(3-6-17)20(28)10-27-12-23-11-24-27/h2-9,11-12,20,28H,10H2,1H3,(H,26,29)/t20-/m1/s1. The van der Waals surface area contributed by atoms with Crippen molar-refractivity contribution in [3.63, 3.8) is 0 Å². The maximum Gasteiger partial charge on any atom is 0.257 e. The Morgan fingerprint density at radius 3 is 2.72 bits per heavy atom. The second-order valence-corrected chi connectivity index (χ2v) is 7.10. The molecule has 8 heteroatoms. The van der Waals surface area contributed by atoms with Gasteiger partial charge in [0, 0.05) is 16.1 Å². The number of rotatable bonds is 5. The number of hydrogen-bond donors (Lipinski definition) is 2. The van der Waals surface area contributed by atoms with Crippen molar-refractivity contribution in [2.75, 3.05) is 5.32 Å². The molecule has 4 rings (SSSR count). The number of hydrogen-bond acceptors (Lipinski definition) is 5. The van der Waals surface area contributed by atoms with Crippen molar-refractivity contribution >= 4 is 34.1 Å². The van der Waals surface area contributed by atoms with Gasteiger partial charge in [0.05, 0.1) is 29.4 Å². The minimum atomic E-state index is -0.724. The van der Waals surface area contributed by atoms with Crippen LogP contribution in [0.4, 0.5) is 5.69 Å². The van der Waals surface area contributed by atoms with Crippen LogP contribution in [0.25, 0.3) is 10.9 Å². The first kappa shape index (κ1) is 19.0. The summed E-state index contributed by atoms with van der Waals surface area (Å²) in [6, 6.07) is 14.2. The summed E-state index contributed by atoms with van der Waals surface area (Å²) in [4.78, 5) is 21.1. The van der Waals surface area contributed by atoms with Crippen LogP contribution in [0.15, 0.2) is 61.2 Å². The van der Waals surface area contributed by atoms with Gasteiger partial charge >= 0.3 is 0 Å². The van der Waals surface area contributed by atoms with Gasteiger partial charge in [0.2, 0.25) is 0 Å². The molecule has 146 valence electrons. The third-order valence-corrected chi connectivity index (χ3v) is 4.83. The van der Waals surface area contributed by atoms with Gasteiger partial charge in [-0.2, -0.15) is 5.10 Å². The van der Waals surface area contributed by atoms with E-state index in [-0.39, 0.29) is 5.91 Å². The van der Waals surface area contributed by atoms with Crippen molar-refractivity contribution in [3.05, 3.63) is 83.0 Å². The van der Waals surface area contributed by atoms with Gasteiger partial charge in [0.25, 0.3) is 5.91 Å². The van der Waals surface area contributed by atoms with Crippen molar-refractivity contribution in [1.82, 2.24) is 19.7 Å². The molecule has 1 atom stereocenters. The lowest BCUT2D eigenvalue weighted by molar-refractivity contribution is 0.102. The number of nitrogens with one attached hydrogen (secondary N) is 1. The number of pyridine rings is 1. The molecular formula is C21H18ClN5O2. The molecule has 0 saturated heterocycles. The predicted octanol–water partition coefficient (Wildman–Crippen LogP) is 3.77. The molecule has 2 aromatic carbocycles. The van der Waals surface area contributed by atoms with E-state index in [9.17, 15) is 9.90 Å². The van der Waals surface area contributed by atoms with Crippen LogP contribution >= 0.6 is 11.6 Å². The molecule has 0 radical (unpaired) electrons. The van der Waals surface area contributed by atoms with E-state index in [1.54, 1.807) is 60.4 Å². The van der Waals surface area contributed by atoms with E-state index in [4.69, 9.17) is 11.6 Å². The quantitative estimate of drug-likeness (QED) is 0.525. The molecule has 1 amide bonds. The zero-order valence-corrected chi connectivity index (χ0v) is 16.3. The maximum atomic E-state index is 12.7. The van der Waals surface area contributed by atoms with Crippen molar-refractivity contribution in [2.24, 2.45) is 0 Å². The van der Waals surface area contributed by atoms with Crippen LogP contribution in [0.1, 0.15) is 27.7 Å². The number of halogens is 1. The van der Waals surface area contributed by atoms with Crippen LogP contribution in [-0.4, -0.2) is 30.8 Å². The van der Waals surface area contributed by atoms with E-state index in [1.807, 2.05) is 6.07 Å². The van der Waals surface area contributed by atoms with Crippen molar-refractivity contribution < 1.29 is 9.90 Å². The zero-order valence-electron chi connectivity index (χ0n) is 15.6. The van der Waals surface area contributed by atoms with Crippen LogP contribution < -0.4 is 5.32 Å². The third kappa shape index (κ3) is 4.26. The van der Waals surface area contributed by atoms with E-state index >= 15 is 0 Å². The van der Waals surface area contributed by atoms with Crippen LogP contribution in [0, 0.1) is 6.92 Å². The minimum Gasteiger partial charge on any atom is -0.386 e. The second-order valence-electron chi connectivity index (χ2n) is 6.67. The first-order valence-electron chi connectivity index (χ1n) is 8.98. The number of amides is 1. The fraction of sp³-hybridized carbons (Fsp3) is 0.143. The van der Waals surface area contributed by atoms with Crippen LogP contribution in [0.3, 0.4) is 0 Å². The number of aliphatic hydroxyl groups is 1. The van der Waals surface area contributed by atoms with Crippen molar-refractivity contribution in [3.8, 4) is 0 Å². The fourth-order valence-corrected chi connectivity index (χ4v) is 3.25. The number of aromatic nitrogens is 4. The molecule has 0 aliphatic carbocycles. The predicted molar refractivity (Wildman–Crippen MR) is 111 cm³/mol. The van der Waals surface area contributed by atoms with Crippen LogP contribution in [0.2, 0.25) is 5.02 Å². The highest BCUT2D eigenvalue weighted by atomic mass is 35.5. The van der Waals surface area contributed by atoms with Crippen molar-refractivity contribution in [1.29, 1.82) is 0 Å². The maximum absolute atomic E-state index is 12.7. The van der Waals surface area contributed by atoms with E-state index < -0.39 is 6.10 Å². The van der Waals surface area contributed by atoms with Gasteiger partial charge in [0.1, 0.15) is 12.7 Å². The smallest absolute Gasteiger partial charge is 0.257 e. The molecule has 2 N–H and O–H groups in total. The van der Waals surface area contributed by atoms with Gasteiger partial charge < -0.3 is 10.4 Å². The number of anilines is 1. The highest BCUT2D eigenvalue weighted by molar-refractivity contribution is 6.31. The van der Waals surface area contributed by atoms with E-state index in [0.717, 1.165) is 16.5 Å². The summed E-state index contributed by atoms with van der Waals surface area (Å²) in [7, 11) is 0. The van der Waals surface area contributed by atoms with E-state index in [0.29, 0.717) is 28.5 Å². The lowest BCUT2D eigenvalue weighted by Gasteiger charge is -2.12. The SMILES string of the molecule is Cc1nc2ccc(Cl)cc2cc1C(=O)Nc1ccc([C@H](O)Cn2cncn2)cc1. The van der Waals surface area contributed by atoms with Gasteiger partial charge in [-0.05, 0) is 48.9 Å². The number of fused-ring (bicyclic) bond motifs is 1. The average molecular weight is 408 g/mol. The zero-order chi connectivity index (χ0) is 20.4. The summed E-state index contributed by atoms with van der Waals surface area (Å²) < 4.78 is 1.56. The Hall–Kier alpha value is -3.29. The highest BCUT2D eigenvalue weighted by Crippen LogP contribution is 2.22. The van der Waals surface area contributed by atoms with Crippen molar-refractivity contribution in [2.45, 2.75) is 19.6 Å². The number of nitrogens with zero attached hydrogens (tertiary/aromatic N) is 4. The van der Waals surface area contributed by atoms with Gasteiger partial charge in [-0.15, -0.1) is 0 Å². The molecule has 0 fully saturated rings. The summed E-state index contributed by atoms with van der Waals surface area (Å²) in [5.41, 5.74) is 3.25. The highest BCUT2D eigenvalue weighted by Gasteiger charge is 2.13. The largest absolute Gasteiger partial charge is 0.386 e. The molecule has 0 spiro atoms. The monoisotopic (exact) mass is 407 g/mol. The number of benzene rings is 2. The summed E-state index contributed by atoms with van der Waals surface area (Å²) in [5, 5.41) is 18.6. The number of carbonyl (C=O) groups is 1. The molecule has 0 saturated carbocycles. The Labute approximate surface area is 172 Å². The molecule has 29 heavy (non-hydrogen) atoms. The number of aryl methyl sites for hydroxylation is 1. The molecule has 2 aromatic heterocycles. The molecule has 7 nitrogen and oxygen atoms in total. The first-order valence-corrected chi connectivity index (χ1v) is 9.36. The summed E-state index contributed by atoms with van der Waals surface area (Å²) in [5.74, 6) is -0.257. The Balaban J connectivity index is 1.49. The Morgan fingerprint density at radius 1 is 1.21 bits per heavy atom. The fourth-order valence-electron chi connectivity index (χ4n) is 3.07. The normalized spacial score (nSPS) is 12.1. The molecule has 0 aliphatic rings. The Kier molecular flexibility index (Phi) is 5.24. The lowest BCUT2D eigenvalue weighted by atomic mass is 10.1. The first-order chi connectivity index (χ1) is 14.0. The molecule has 0 unspecified atom stereocenters. The van der Waals surface area contributed by atoms with Gasteiger partial charge in [-0.1, -0.05) is 23.7 Å². The summed E-state index contributed by atoms with van der Waals surface area (Å²) >= 11 is 6.05. The number of carbonyl (C=O) groups excluding carboxylic acids is 1. The molecule has 0 aliphatic heterocycles. The third-order valence-electron chi connectivity index (χ3n) is 4.59. The Bertz CT molecular complexity index is 1160. The molecule has 4 aromatic rings. The lowest BCUT2D eigenvalue weighted by Crippen LogP contribution is -2.14.